The second-order valence-electron chi connectivity index (χ2n) is 5.79. The van der Waals surface area contributed by atoms with Crippen LogP contribution in [0.15, 0.2) is 18.2 Å². The van der Waals surface area contributed by atoms with E-state index in [1.165, 1.54) is 5.56 Å². The van der Waals surface area contributed by atoms with Crippen LogP contribution in [0.25, 0.3) is 0 Å². The number of aromatic hydroxyl groups is 1. The molecule has 1 aliphatic heterocycles. The van der Waals surface area contributed by atoms with Crippen molar-refractivity contribution in [3.63, 3.8) is 0 Å². The summed E-state index contributed by atoms with van der Waals surface area (Å²) < 4.78 is 0. The number of carbonyl (C=O) groups is 1. The highest BCUT2D eigenvalue weighted by atomic mass is 16.3. The molecule has 1 fully saturated rings. The molecule has 3 rings (SSSR count). The van der Waals surface area contributed by atoms with Gasteiger partial charge in [-0.15, -0.1) is 0 Å². The summed E-state index contributed by atoms with van der Waals surface area (Å²) in [6, 6.07) is 5.41. The molecule has 1 aliphatic carbocycles. The van der Waals surface area contributed by atoms with E-state index < -0.39 is 5.54 Å². The van der Waals surface area contributed by atoms with Gasteiger partial charge in [0, 0.05) is 13.1 Å². The van der Waals surface area contributed by atoms with Crippen molar-refractivity contribution in [1.29, 1.82) is 0 Å². The lowest BCUT2D eigenvalue weighted by atomic mass is 9.93. The van der Waals surface area contributed by atoms with Crippen LogP contribution in [0.4, 0.5) is 0 Å². The molecule has 0 radical (unpaired) electrons. The summed E-state index contributed by atoms with van der Waals surface area (Å²) in [6.45, 7) is 1.30. The first-order chi connectivity index (χ1) is 9.08. The van der Waals surface area contributed by atoms with Crippen LogP contribution in [-0.2, 0) is 17.8 Å². The Hall–Kier alpha value is -1.55. The van der Waals surface area contributed by atoms with Crippen molar-refractivity contribution in [1.82, 2.24) is 4.90 Å². The van der Waals surface area contributed by atoms with Crippen LogP contribution < -0.4 is 5.73 Å². The highest BCUT2D eigenvalue weighted by Gasteiger charge is 2.40. The molecule has 1 heterocycles. The normalized spacial score (nSPS) is 21.2. The molecule has 4 nitrogen and oxygen atoms in total. The first-order valence-corrected chi connectivity index (χ1v) is 6.97. The number of hydrogen-bond acceptors (Lipinski definition) is 3. The Labute approximate surface area is 113 Å². The number of carbonyl (C=O) groups excluding carboxylic acids is 1. The maximum atomic E-state index is 12.6. The van der Waals surface area contributed by atoms with Gasteiger partial charge in [-0.3, -0.25) is 4.79 Å². The lowest BCUT2D eigenvalue weighted by molar-refractivity contribution is -0.137. The Morgan fingerprint density at radius 3 is 2.74 bits per heavy atom. The molecule has 1 aromatic carbocycles. The lowest BCUT2D eigenvalue weighted by Gasteiger charge is -2.35. The molecular formula is C15H20N2O2. The third-order valence-corrected chi connectivity index (χ3v) is 4.41. The summed E-state index contributed by atoms with van der Waals surface area (Å²) in [5.74, 6) is 0.343. The fourth-order valence-electron chi connectivity index (χ4n) is 3.25. The molecule has 0 atom stereocenters. The smallest absolute Gasteiger partial charge is 0.242 e. The van der Waals surface area contributed by atoms with E-state index in [1.54, 1.807) is 12.1 Å². The van der Waals surface area contributed by atoms with Crippen molar-refractivity contribution in [3.05, 3.63) is 29.3 Å². The quantitative estimate of drug-likeness (QED) is 0.805. The monoisotopic (exact) mass is 260 g/mol. The highest BCUT2D eigenvalue weighted by molar-refractivity contribution is 5.86. The van der Waals surface area contributed by atoms with E-state index in [0.29, 0.717) is 6.54 Å². The number of rotatable bonds is 1. The molecule has 102 valence electrons. The van der Waals surface area contributed by atoms with Gasteiger partial charge in [-0.25, -0.2) is 0 Å². The molecule has 1 aromatic rings. The van der Waals surface area contributed by atoms with Gasteiger partial charge in [0.25, 0.3) is 0 Å². The number of nitrogens with zero attached hydrogens (tertiary/aromatic N) is 1. The summed E-state index contributed by atoms with van der Waals surface area (Å²) in [6.07, 6.45) is 4.54. The number of hydrogen-bond donors (Lipinski definition) is 2. The van der Waals surface area contributed by atoms with E-state index in [-0.39, 0.29) is 11.7 Å². The van der Waals surface area contributed by atoms with E-state index in [0.717, 1.165) is 44.2 Å². The number of fused-ring (bicyclic) bond motifs is 1. The van der Waals surface area contributed by atoms with Gasteiger partial charge in [0.2, 0.25) is 5.91 Å². The van der Waals surface area contributed by atoms with Gasteiger partial charge in [-0.1, -0.05) is 18.9 Å². The minimum Gasteiger partial charge on any atom is -0.508 e. The Kier molecular flexibility index (Phi) is 2.97. The molecule has 1 amide bonds. The minimum absolute atomic E-state index is 0.0824. The molecule has 4 heteroatoms. The average Bonchev–Trinajstić information content (AvgIpc) is 2.85. The summed E-state index contributed by atoms with van der Waals surface area (Å²) in [4.78, 5) is 14.4. The van der Waals surface area contributed by atoms with Crippen LogP contribution in [0.1, 0.15) is 36.8 Å². The van der Waals surface area contributed by atoms with E-state index in [4.69, 9.17) is 5.73 Å². The van der Waals surface area contributed by atoms with Crippen LogP contribution in [0.3, 0.4) is 0 Å². The third kappa shape index (κ3) is 2.21. The molecule has 0 unspecified atom stereocenters. The predicted octanol–water partition coefficient (Wildman–Crippen LogP) is 1.55. The van der Waals surface area contributed by atoms with Crippen LogP contribution in [0.2, 0.25) is 0 Å². The van der Waals surface area contributed by atoms with Crippen LogP contribution >= 0.6 is 0 Å². The predicted molar refractivity (Wildman–Crippen MR) is 72.6 cm³/mol. The topological polar surface area (TPSA) is 66.6 Å². The zero-order valence-corrected chi connectivity index (χ0v) is 11.1. The number of phenols is 1. The van der Waals surface area contributed by atoms with Gasteiger partial charge >= 0.3 is 0 Å². The Morgan fingerprint density at radius 2 is 2.00 bits per heavy atom. The number of nitrogens with two attached hydrogens (primary N) is 1. The SMILES string of the molecule is NC1(C(=O)N2CCc3ccc(O)cc3C2)CCCC1. The fraction of sp³-hybridized carbons (Fsp3) is 0.533. The molecule has 0 saturated heterocycles. The van der Waals surface area contributed by atoms with E-state index in [2.05, 4.69) is 0 Å². The number of phenolic OH excluding ortho intramolecular Hbond substituents is 1. The van der Waals surface area contributed by atoms with Crippen LogP contribution in [0.5, 0.6) is 5.75 Å². The lowest BCUT2D eigenvalue weighted by Crippen LogP contribution is -2.54. The van der Waals surface area contributed by atoms with Crippen molar-refractivity contribution >= 4 is 5.91 Å². The van der Waals surface area contributed by atoms with Gasteiger partial charge in [0.1, 0.15) is 5.75 Å². The minimum atomic E-state index is -0.645. The molecule has 0 bridgehead atoms. The molecule has 19 heavy (non-hydrogen) atoms. The Balaban J connectivity index is 1.80. The van der Waals surface area contributed by atoms with E-state index >= 15 is 0 Å². The Bertz CT molecular complexity index is 507. The molecular weight excluding hydrogens is 240 g/mol. The summed E-state index contributed by atoms with van der Waals surface area (Å²) in [7, 11) is 0. The summed E-state index contributed by atoms with van der Waals surface area (Å²) in [5, 5.41) is 9.55. The molecule has 2 aliphatic rings. The van der Waals surface area contributed by atoms with Gasteiger partial charge in [0.05, 0.1) is 5.54 Å². The zero-order valence-electron chi connectivity index (χ0n) is 11.1. The molecule has 0 aromatic heterocycles. The second-order valence-corrected chi connectivity index (χ2v) is 5.79. The first-order valence-electron chi connectivity index (χ1n) is 6.97. The van der Waals surface area contributed by atoms with Crippen LogP contribution in [0, 0.1) is 0 Å². The van der Waals surface area contributed by atoms with Gasteiger partial charge in [0.15, 0.2) is 0 Å². The maximum absolute atomic E-state index is 12.6. The van der Waals surface area contributed by atoms with Crippen molar-refractivity contribution in [2.75, 3.05) is 6.54 Å². The van der Waals surface area contributed by atoms with Crippen molar-refractivity contribution in [2.24, 2.45) is 5.73 Å². The number of amides is 1. The average molecular weight is 260 g/mol. The number of benzene rings is 1. The van der Waals surface area contributed by atoms with Gasteiger partial charge in [-0.05, 0) is 42.5 Å². The second kappa shape index (κ2) is 4.53. The molecule has 3 N–H and O–H groups in total. The maximum Gasteiger partial charge on any atom is 0.242 e. The summed E-state index contributed by atoms with van der Waals surface area (Å²) >= 11 is 0. The van der Waals surface area contributed by atoms with Gasteiger partial charge in [-0.2, -0.15) is 0 Å². The fourth-order valence-corrected chi connectivity index (χ4v) is 3.25. The first kappa shape index (κ1) is 12.5. The zero-order chi connectivity index (χ0) is 13.5. The largest absolute Gasteiger partial charge is 0.508 e. The molecule has 0 spiro atoms. The third-order valence-electron chi connectivity index (χ3n) is 4.41. The van der Waals surface area contributed by atoms with Crippen molar-refractivity contribution in [3.8, 4) is 5.75 Å². The highest BCUT2D eigenvalue weighted by Crippen LogP contribution is 2.31. The van der Waals surface area contributed by atoms with Crippen LogP contribution in [-0.4, -0.2) is 28.0 Å². The summed E-state index contributed by atoms with van der Waals surface area (Å²) in [5.41, 5.74) is 7.86. The van der Waals surface area contributed by atoms with Gasteiger partial charge < -0.3 is 15.7 Å². The molecule has 1 saturated carbocycles. The van der Waals surface area contributed by atoms with E-state index in [9.17, 15) is 9.90 Å². The van der Waals surface area contributed by atoms with Crippen molar-refractivity contribution < 1.29 is 9.90 Å². The van der Waals surface area contributed by atoms with Crippen molar-refractivity contribution in [2.45, 2.75) is 44.2 Å². The Morgan fingerprint density at radius 1 is 1.26 bits per heavy atom. The van der Waals surface area contributed by atoms with E-state index in [1.807, 2.05) is 11.0 Å². The standard InChI is InChI=1S/C15H20N2O2/c16-15(6-1-2-7-15)14(19)17-8-5-11-3-4-13(18)9-12(11)10-17/h3-4,9,18H,1-2,5-8,10,16H2.